The average Bonchev–Trinajstić information content (AvgIpc) is 2.62. The van der Waals surface area contributed by atoms with Crippen molar-refractivity contribution in [2.24, 2.45) is 0 Å². The van der Waals surface area contributed by atoms with Crippen molar-refractivity contribution < 1.29 is 13.9 Å². The van der Waals surface area contributed by atoms with Crippen molar-refractivity contribution in [1.82, 2.24) is 5.32 Å². The third-order valence-corrected chi connectivity index (χ3v) is 2.88. The molecule has 0 aliphatic rings. The van der Waals surface area contributed by atoms with Gasteiger partial charge in [0, 0.05) is 0 Å². The topological polar surface area (TPSA) is 38.3 Å². The maximum Gasteiger partial charge on any atom is 0.310 e. The molecule has 1 aromatic rings. The lowest BCUT2D eigenvalue weighted by Crippen LogP contribution is -2.06. The molecule has 0 radical (unpaired) electrons. The maximum atomic E-state index is 13.0. The minimum atomic E-state index is -0.480. The van der Waals surface area contributed by atoms with Gasteiger partial charge in [0.15, 0.2) is 0 Å². The molecule has 0 aromatic heterocycles. The van der Waals surface area contributed by atoms with E-state index in [9.17, 15) is 9.18 Å². The molecule has 0 aliphatic carbocycles. The lowest BCUT2D eigenvalue weighted by Gasteiger charge is -2.02. The molecule has 0 fully saturated rings. The maximum absolute atomic E-state index is 13.0. The van der Waals surface area contributed by atoms with Crippen LogP contribution in [0.5, 0.6) is 0 Å². The lowest BCUT2D eigenvalue weighted by molar-refractivity contribution is -0.143. The van der Waals surface area contributed by atoms with Gasteiger partial charge in [-0.1, -0.05) is 62.4 Å². The number of unbranched alkanes of at least 4 members (excludes halogenated alkanes) is 1. The molecule has 1 aromatic carbocycles. The fourth-order valence-corrected chi connectivity index (χ4v) is 1.56. The molecular weight excluding hydrogens is 305 g/mol. The summed E-state index contributed by atoms with van der Waals surface area (Å²) >= 11 is 0. The molecule has 3 nitrogen and oxygen atoms in total. The summed E-state index contributed by atoms with van der Waals surface area (Å²) in [5, 5.41) is 3.07. The molecule has 1 rings (SSSR count). The third-order valence-electron chi connectivity index (χ3n) is 2.88. The lowest BCUT2D eigenvalue weighted by atomic mass is 10.2. The van der Waals surface area contributed by atoms with Gasteiger partial charge in [-0.15, -0.1) is 0 Å². The first-order valence-corrected chi connectivity index (χ1v) is 8.12. The number of ether oxygens (including phenoxy) is 1. The predicted octanol–water partition coefficient (Wildman–Crippen LogP) is 4.72. The summed E-state index contributed by atoms with van der Waals surface area (Å²) in [6.45, 7) is 6.98. The normalized spacial score (nSPS) is 10.9. The summed E-state index contributed by atoms with van der Waals surface area (Å²) in [5.41, 5.74) is 0.904. The molecule has 0 saturated heterocycles. The molecule has 0 spiro atoms. The van der Waals surface area contributed by atoms with Crippen LogP contribution < -0.4 is 5.32 Å². The van der Waals surface area contributed by atoms with Gasteiger partial charge in [0.1, 0.15) is 12.4 Å². The number of carbonyl (C=O) groups excluding carboxylic acids is 1. The fourth-order valence-electron chi connectivity index (χ4n) is 1.56. The van der Waals surface area contributed by atoms with E-state index in [2.05, 4.69) is 18.8 Å². The molecule has 24 heavy (non-hydrogen) atoms. The van der Waals surface area contributed by atoms with Crippen molar-refractivity contribution in [3.05, 3.63) is 72.6 Å². The monoisotopic (exact) mass is 333 g/mol. The zero-order valence-electron chi connectivity index (χ0n) is 14.6. The standard InChI is InChI=1S/C15H15FO2.C5H13N/c1-2-3-9-14(16)10-11-15(17)18-12-13-7-5-4-6-8-13;1-3-4-5-6-2/h2-10H,1,11-12H2;6H,3-5H2,1-2H3/b9-3-,14-10-;. The van der Waals surface area contributed by atoms with Crippen LogP contribution >= 0.6 is 0 Å². The second-order valence-corrected chi connectivity index (χ2v) is 4.99. The van der Waals surface area contributed by atoms with Gasteiger partial charge in [-0.05, 0) is 37.7 Å². The fraction of sp³-hybridized carbons (Fsp3) is 0.350. The van der Waals surface area contributed by atoms with E-state index in [1.807, 2.05) is 37.4 Å². The number of carbonyl (C=O) groups is 1. The van der Waals surface area contributed by atoms with Crippen LogP contribution in [0.25, 0.3) is 0 Å². The molecule has 132 valence electrons. The summed E-state index contributed by atoms with van der Waals surface area (Å²) < 4.78 is 18.0. The summed E-state index contributed by atoms with van der Waals surface area (Å²) in [4.78, 5) is 11.3. The van der Waals surface area contributed by atoms with Gasteiger partial charge in [0.05, 0.1) is 6.42 Å². The average molecular weight is 333 g/mol. The van der Waals surface area contributed by atoms with Crippen LogP contribution in [0.3, 0.4) is 0 Å². The zero-order chi connectivity index (χ0) is 18.0. The van der Waals surface area contributed by atoms with E-state index in [1.165, 1.54) is 37.1 Å². The third kappa shape index (κ3) is 13.5. The Balaban J connectivity index is 0.000000754. The second-order valence-electron chi connectivity index (χ2n) is 4.99. The first-order chi connectivity index (χ1) is 11.6. The number of benzene rings is 1. The quantitative estimate of drug-likeness (QED) is 0.404. The van der Waals surface area contributed by atoms with E-state index in [0.717, 1.165) is 12.1 Å². The van der Waals surface area contributed by atoms with Gasteiger partial charge in [-0.25, -0.2) is 4.39 Å². The van der Waals surface area contributed by atoms with Gasteiger partial charge >= 0.3 is 5.97 Å². The summed E-state index contributed by atoms with van der Waals surface area (Å²) in [6.07, 6.45) is 7.84. The van der Waals surface area contributed by atoms with Crippen LogP contribution in [0.1, 0.15) is 31.7 Å². The largest absolute Gasteiger partial charge is 0.461 e. The van der Waals surface area contributed by atoms with Crippen molar-refractivity contribution in [3.8, 4) is 0 Å². The highest BCUT2D eigenvalue weighted by Crippen LogP contribution is 2.04. The van der Waals surface area contributed by atoms with E-state index in [-0.39, 0.29) is 13.0 Å². The number of allylic oxidation sites excluding steroid dienone is 4. The number of esters is 1. The van der Waals surface area contributed by atoms with Crippen molar-refractivity contribution >= 4 is 5.97 Å². The van der Waals surface area contributed by atoms with Gasteiger partial charge in [0.2, 0.25) is 0 Å². The van der Waals surface area contributed by atoms with Crippen LogP contribution in [0.4, 0.5) is 4.39 Å². The van der Waals surface area contributed by atoms with Crippen LogP contribution in [-0.2, 0) is 16.1 Å². The van der Waals surface area contributed by atoms with Crippen LogP contribution in [0, 0.1) is 0 Å². The van der Waals surface area contributed by atoms with Gasteiger partial charge in [0.25, 0.3) is 0 Å². The van der Waals surface area contributed by atoms with E-state index in [4.69, 9.17) is 4.74 Å². The van der Waals surface area contributed by atoms with Gasteiger partial charge in [-0.2, -0.15) is 0 Å². The molecule has 4 heteroatoms. The predicted molar refractivity (Wildman–Crippen MR) is 98.2 cm³/mol. The SMILES string of the molecule is C=C/C=C\C(F)=C\CC(=O)OCc1ccccc1.CCCCNC. The zero-order valence-corrected chi connectivity index (χ0v) is 14.6. The van der Waals surface area contributed by atoms with E-state index in [1.54, 1.807) is 0 Å². The highest BCUT2D eigenvalue weighted by atomic mass is 19.1. The Morgan fingerprint density at radius 3 is 2.58 bits per heavy atom. The molecule has 0 aliphatic heterocycles. The van der Waals surface area contributed by atoms with Crippen molar-refractivity contribution in [2.75, 3.05) is 13.6 Å². The number of hydrogen-bond donors (Lipinski definition) is 1. The molecule has 0 amide bonds. The van der Waals surface area contributed by atoms with E-state index < -0.39 is 11.8 Å². The Morgan fingerprint density at radius 2 is 2.04 bits per heavy atom. The molecule has 0 bridgehead atoms. The number of halogens is 1. The smallest absolute Gasteiger partial charge is 0.310 e. The van der Waals surface area contributed by atoms with Gasteiger partial charge in [-0.3, -0.25) is 4.79 Å². The highest BCUT2D eigenvalue weighted by molar-refractivity contribution is 5.71. The molecule has 0 heterocycles. The number of nitrogens with one attached hydrogen (secondary N) is 1. The molecular formula is C20H28FNO2. The van der Waals surface area contributed by atoms with Crippen molar-refractivity contribution in [3.63, 3.8) is 0 Å². The first kappa shape index (κ1) is 21.8. The van der Waals surface area contributed by atoms with Crippen molar-refractivity contribution in [2.45, 2.75) is 32.8 Å². The number of hydrogen-bond acceptors (Lipinski definition) is 3. The summed E-state index contributed by atoms with van der Waals surface area (Å²) in [5.74, 6) is -0.937. The second kappa shape index (κ2) is 15.7. The molecule has 1 N–H and O–H groups in total. The van der Waals surface area contributed by atoms with Crippen LogP contribution in [0.2, 0.25) is 0 Å². The Hall–Kier alpha value is -2.20. The molecule has 0 unspecified atom stereocenters. The molecule has 0 saturated carbocycles. The Morgan fingerprint density at radius 1 is 1.33 bits per heavy atom. The molecule has 0 atom stereocenters. The Kier molecular flexibility index (Phi) is 14.2. The minimum absolute atomic E-state index is 0.0832. The summed E-state index contributed by atoms with van der Waals surface area (Å²) in [6, 6.07) is 9.33. The van der Waals surface area contributed by atoms with Crippen LogP contribution in [-0.4, -0.2) is 19.6 Å². The highest BCUT2D eigenvalue weighted by Gasteiger charge is 2.01. The summed E-state index contributed by atoms with van der Waals surface area (Å²) in [7, 11) is 1.98. The van der Waals surface area contributed by atoms with Gasteiger partial charge < -0.3 is 10.1 Å². The van der Waals surface area contributed by atoms with Crippen molar-refractivity contribution in [1.29, 1.82) is 0 Å². The number of rotatable bonds is 9. The minimum Gasteiger partial charge on any atom is -0.461 e. The Bertz CT molecular complexity index is 506. The van der Waals surface area contributed by atoms with E-state index in [0.29, 0.717) is 0 Å². The Labute approximate surface area is 144 Å². The first-order valence-electron chi connectivity index (χ1n) is 8.12. The van der Waals surface area contributed by atoms with E-state index >= 15 is 0 Å². The van der Waals surface area contributed by atoms with Crippen LogP contribution in [0.15, 0.2) is 67.0 Å².